The highest BCUT2D eigenvalue weighted by Gasteiger charge is 2.28. The summed E-state index contributed by atoms with van der Waals surface area (Å²) in [6.07, 6.45) is 3.64. The molecular formula is C19H19N5O4. The number of carbonyl (C=O) groups is 1. The van der Waals surface area contributed by atoms with E-state index in [0.29, 0.717) is 18.8 Å². The van der Waals surface area contributed by atoms with E-state index >= 15 is 0 Å². The standard InChI is InChI=1S/C19H19N5O4/c1-28-19(25)15-12-14(24(26)27)5-6-16(15)22-10-7-13(8-11-22)18-21-20-17-4-2-3-9-23(17)18/h2-6,9,12-13H,7-8,10-11H2,1H3. The van der Waals surface area contributed by atoms with Crippen LogP contribution in [0.15, 0.2) is 42.6 Å². The highest BCUT2D eigenvalue weighted by molar-refractivity contribution is 5.96. The second kappa shape index (κ2) is 7.26. The third-order valence-electron chi connectivity index (χ3n) is 5.14. The Balaban J connectivity index is 1.56. The number of pyridine rings is 1. The molecule has 0 bridgehead atoms. The van der Waals surface area contributed by atoms with Gasteiger partial charge < -0.3 is 9.64 Å². The molecule has 2 aromatic heterocycles. The van der Waals surface area contributed by atoms with Crippen molar-refractivity contribution in [3.63, 3.8) is 0 Å². The predicted octanol–water partition coefficient (Wildman–Crippen LogP) is 2.81. The number of piperidine rings is 1. The number of fused-ring (bicyclic) bond motifs is 1. The molecule has 0 aliphatic carbocycles. The Labute approximate surface area is 160 Å². The minimum absolute atomic E-state index is 0.131. The maximum Gasteiger partial charge on any atom is 0.340 e. The van der Waals surface area contributed by atoms with E-state index in [-0.39, 0.29) is 17.2 Å². The molecule has 28 heavy (non-hydrogen) atoms. The topological polar surface area (TPSA) is 103 Å². The van der Waals surface area contributed by atoms with Gasteiger partial charge in [0, 0.05) is 37.3 Å². The lowest BCUT2D eigenvalue weighted by Crippen LogP contribution is -2.34. The molecule has 4 rings (SSSR count). The van der Waals surface area contributed by atoms with Crippen molar-refractivity contribution in [2.45, 2.75) is 18.8 Å². The van der Waals surface area contributed by atoms with Crippen LogP contribution in [0.1, 0.15) is 34.9 Å². The van der Waals surface area contributed by atoms with Crippen molar-refractivity contribution in [1.82, 2.24) is 14.6 Å². The molecule has 0 amide bonds. The lowest BCUT2D eigenvalue weighted by atomic mass is 9.95. The van der Waals surface area contributed by atoms with Gasteiger partial charge in [-0.3, -0.25) is 14.5 Å². The van der Waals surface area contributed by atoms with Crippen LogP contribution in [-0.2, 0) is 4.74 Å². The van der Waals surface area contributed by atoms with Crippen LogP contribution in [0, 0.1) is 10.1 Å². The molecular weight excluding hydrogens is 362 g/mol. The van der Waals surface area contributed by atoms with Crippen molar-refractivity contribution >= 4 is 23.0 Å². The zero-order chi connectivity index (χ0) is 19.7. The average molecular weight is 381 g/mol. The smallest absolute Gasteiger partial charge is 0.340 e. The summed E-state index contributed by atoms with van der Waals surface area (Å²) in [6, 6.07) is 10.1. The highest BCUT2D eigenvalue weighted by atomic mass is 16.6. The largest absolute Gasteiger partial charge is 0.465 e. The van der Waals surface area contributed by atoms with Gasteiger partial charge in [-0.1, -0.05) is 6.07 Å². The van der Waals surface area contributed by atoms with E-state index < -0.39 is 10.9 Å². The van der Waals surface area contributed by atoms with Gasteiger partial charge in [0.15, 0.2) is 5.65 Å². The molecule has 0 N–H and O–H groups in total. The zero-order valence-corrected chi connectivity index (χ0v) is 15.3. The number of non-ortho nitro benzene ring substituents is 1. The Morgan fingerprint density at radius 2 is 2.00 bits per heavy atom. The Morgan fingerprint density at radius 3 is 2.71 bits per heavy atom. The number of anilines is 1. The Kier molecular flexibility index (Phi) is 4.64. The monoisotopic (exact) mass is 381 g/mol. The summed E-state index contributed by atoms with van der Waals surface area (Å²) in [5.41, 5.74) is 1.56. The first-order chi connectivity index (χ1) is 13.6. The number of esters is 1. The van der Waals surface area contributed by atoms with Crippen molar-refractivity contribution < 1.29 is 14.5 Å². The van der Waals surface area contributed by atoms with Crippen molar-refractivity contribution in [2.24, 2.45) is 0 Å². The molecule has 0 saturated carbocycles. The molecule has 3 heterocycles. The summed E-state index contributed by atoms with van der Waals surface area (Å²) >= 11 is 0. The minimum atomic E-state index is -0.579. The van der Waals surface area contributed by atoms with Gasteiger partial charge in [0.25, 0.3) is 5.69 Å². The normalized spacial score (nSPS) is 15.0. The summed E-state index contributed by atoms with van der Waals surface area (Å²) in [6.45, 7) is 1.41. The Hall–Kier alpha value is -3.49. The number of methoxy groups -OCH3 is 1. The van der Waals surface area contributed by atoms with Crippen LogP contribution in [0.2, 0.25) is 0 Å². The molecule has 0 atom stereocenters. The quantitative estimate of drug-likeness (QED) is 0.389. The first-order valence-corrected chi connectivity index (χ1v) is 9.00. The Bertz CT molecular complexity index is 1040. The number of hydrogen-bond donors (Lipinski definition) is 0. The Morgan fingerprint density at radius 1 is 1.21 bits per heavy atom. The van der Waals surface area contributed by atoms with E-state index in [1.54, 1.807) is 6.07 Å². The van der Waals surface area contributed by atoms with Crippen LogP contribution < -0.4 is 4.90 Å². The highest BCUT2D eigenvalue weighted by Crippen LogP contribution is 2.33. The molecule has 144 valence electrons. The van der Waals surface area contributed by atoms with Crippen molar-refractivity contribution in [3.8, 4) is 0 Å². The number of nitrogens with zero attached hydrogens (tertiary/aromatic N) is 5. The summed E-state index contributed by atoms with van der Waals surface area (Å²) in [5.74, 6) is 0.615. The fraction of sp³-hybridized carbons (Fsp3) is 0.316. The molecule has 1 fully saturated rings. The van der Waals surface area contributed by atoms with Gasteiger partial charge in [-0.05, 0) is 31.0 Å². The van der Waals surface area contributed by atoms with E-state index in [1.165, 1.54) is 19.2 Å². The predicted molar refractivity (Wildman–Crippen MR) is 102 cm³/mol. The van der Waals surface area contributed by atoms with E-state index in [2.05, 4.69) is 15.1 Å². The van der Waals surface area contributed by atoms with E-state index in [9.17, 15) is 14.9 Å². The maximum absolute atomic E-state index is 12.2. The molecule has 1 aliphatic heterocycles. The van der Waals surface area contributed by atoms with Crippen molar-refractivity contribution in [3.05, 3.63) is 64.1 Å². The van der Waals surface area contributed by atoms with Crippen LogP contribution >= 0.6 is 0 Å². The van der Waals surface area contributed by atoms with E-state index in [1.807, 2.05) is 28.8 Å². The number of nitro benzene ring substituents is 1. The van der Waals surface area contributed by atoms with Gasteiger partial charge in [-0.25, -0.2) is 4.79 Å². The van der Waals surface area contributed by atoms with Gasteiger partial charge in [-0.2, -0.15) is 0 Å². The molecule has 1 aromatic carbocycles. The first kappa shape index (κ1) is 17.9. The van der Waals surface area contributed by atoms with Crippen molar-refractivity contribution in [2.75, 3.05) is 25.1 Å². The first-order valence-electron chi connectivity index (χ1n) is 9.00. The molecule has 9 heteroatoms. The number of aromatic nitrogens is 3. The fourth-order valence-corrected chi connectivity index (χ4v) is 3.70. The third kappa shape index (κ3) is 3.15. The van der Waals surface area contributed by atoms with Crippen LogP contribution in [0.4, 0.5) is 11.4 Å². The van der Waals surface area contributed by atoms with Crippen LogP contribution in [0.25, 0.3) is 5.65 Å². The molecule has 3 aromatic rings. The zero-order valence-electron chi connectivity index (χ0n) is 15.3. The summed E-state index contributed by atoms with van der Waals surface area (Å²) in [4.78, 5) is 24.8. The average Bonchev–Trinajstić information content (AvgIpc) is 3.17. The summed E-state index contributed by atoms with van der Waals surface area (Å²) in [5, 5.41) is 19.6. The van der Waals surface area contributed by atoms with Crippen LogP contribution in [0.5, 0.6) is 0 Å². The lowest BCUT2D eigenvalue weighted by molar-refractivity contribution is -0.384. The van der Waals surface area contributed by atoms with Crippen LogP contribution in [-0.4, -0.2) is 45.7 Å². The number of nitro groups is 1. The van der Waals surface area contributed by atoms with E-state index in [4.69, 9.17) is 4.74 Å². The maximum atomic E-state index is 12.2. The SMILES string of the molecule is COC(=O)c1cc([N+](=O)[O-])ccc1N1CCC(c2nnc3ccccn23)CC1. The second-order valence-electron chi connectivity index (χ2n) is 6.70. The molecule has 0 radical (unpaired) electrons. The number of rotatable bonds is 4. The third-order valence-corrected chi connectivity index (χ3v) is 5.14. The molecule has 0 spiro atoms. The number of carbonyl (C=O) groups excluding carboxylic acids is 1. The number of benzene rings is 1. The van der Waals surface area contributed by atoms with Crippen LogP contribution in [0.3, 0.4) is 0 Å². The summed E-state index contributed by atoms with van der Waals surface area (Å²) < 4.78 is 6.83. The molecule has 0 unspecified atom stereocenters. The molecule has 1 aliphatic rings. The minimum Gasteiger partial charge on any atom is -0.465 e. The van der Waals surface area contributed by atoms with Gasteiger partial charge in [0.1, 0.15) is 5.82 Å². The number of ether oxygens (including phenoxy) is 1. The second-order valence-corrected chi connectivity index (χ2v) is 6.70. The summed E-state index contributed by atoms with van der Waals surface area (Å²) in [7, 11) is 1.27. The fourth-order valence-electron chi connectivity index (χ4n) is 3.70. The molecule has 1 saturated heterocycles. The lowest BCUT2D eigenvalue weighted by Gasteiger charge is -2.33. The van der Waals surface area contributed by atoms with Gasteiger partial charge >= 0.3 is 5.97 Å². The van der Waals surface area contributed by atoms with E-state index in [0.717, 1.165) is 24.3 Å². The number of hydrogen-bond acceptors (Lipinski definition) is 7. The van der Waals surface area contributed by atoms with Crippen molar-refractivity contribution in [1.29, 1.82) is 0 Å². The van der Waals surface area contributed by atoms with Gasteiger partial charge in [0.05, 0.1) is 23.3 Å². The van der Waals surface area contributed by atoms with Gasteiger partial charge in [-0.15, -0.1) is 10.2 Å². The van der Waals surface area contributed by atoms with Gasteiger partial charge in [0.2, 0.25) is 0 Å². The molecule has 9 nitrogen and oxygen atoms in total.